The van der Waals surface area contributed by atoms with Gasteiger partial charge < -0.3 is 23.8 Å². The summed E-state index contributed by atoms with van der Waals surface area (Å²) in [4.78, 5) is 21.6. The number of amides is 1. The zero-order chi connectivity index (χ0) is 24.0. The van der Waals surface area contributed by atoms with E-state index in [0.29, 0.717) is 35.5 Å². The number of hydrogen-bond acceptors (Lipinski definition) is 8. The predicted octanol–water partition coefficient (Wildman–Crippen LogP) is 3.94. The first-order chi connectivity index (χ1) is 15.9. The molecule has 0 aliphatic heterocycles. The van der Waals surface area contributed by atoms with Crippen molar-refractivity contribution in [1.82, 2.24) is 9.88 Å². The molecule has 1 heterocycles. The number of carbonyl (C=O) groups excluding carboxylic acids is 1. The van der Waals surface area contributed by atoms with Gasteiger partial charge in [-0.3, -0.25) is 9.69 Å². The summed E-state index contributed by atoms with van der Waals surface area (Å²) in [6.45, 7) is 1.20. The Balaban J connectivity index is 1.92. The van der Waals surface area contributed by atoms with E-state index >= 15 is 0 Å². The topological polar surface area (TPSA) is 73.4 Å². The molecule has 3 rings (SSSR count). The molecule has 0 bridgehead atoms. The Kier molecular flexibility index (Phi) is 8.13. The normalized spacial score (nSPS) is 11.2. The molecule has 0 radical (unpaired) electrons. The molecule has 1 aromatic heterocycles. The highest BCUT2D eigenvalue weighted by atomic mass is 32.1. The Hall–Kier alpha value is -3.30. The van der Waals surface area contributed by atoms with Crippen molar-refractivity contribution >= 4 is 38.7 Å². The van der Waals surface area contributed by atoms with Crippen molar-refractivity contribution in [2.24, 2.45) is 0 Å². The third kappa shape index (κ3) is 5.74. The fourth-order valence-corrected chi connectivity index (χ4v) is 4.22. The van der Waals surface area contributed by atoms with Gasteiger partial charge in [-0.25, -0.2) is 4.98 Å². The van der Waals surface area contributed by atoms with E-state index in [2.05, 4.69) is 4.98 Å². The second-order valence-electron chi connectivity index (χ2n) is 7.42. The Morgan fingerprint density at radius 1 is 0.970 bits per heavy atom. The fourth-order valence-electron chi connectivity index (χ4n) is 3.19. The first-order valence-corrected chi connectivity index (χ1v) is 11.1. The number of hydrogen-bond donors (Lipinski definition) is 0. The zero-order valence-corrected chi connectivity index (χ0v) is 20.6. The van der Waals surface area contributed by atoms with Crippen LogP contribution in [-0.4, -0.2) is 71.4 Å². The molecule has 176 valence electrons. The van der Waals surface area contributed by atoms with Crippen molar-refractivity contribution in [2.45, 2.75) is 0 Å². The maximum atomic E-state index is 13.2. The zero-order valence-electron chi connectivity index (χ0n) is 19.7. The van der Waals surface area contributed by atoms with Gasteiger partial charge in [0.15, 0.2) is 16.6 Å². The molecule has 0 fully saturated rings. The number of nitrogens with zero attached hydrogens (tertiary/aromatic N) is 3. The molecule has 0 aliphatic rings. The molecule has 0 atom stereocenters. The van der Waals surface area contributed by atoms with Gasteiger partial charge in [0.2, 0.25) is 5.75 Å². The quantitative estimate of drug-likeness (QED) is 0.415. The van der Waals surface area contributed by atoms with Crippen molar-refractivity contribution in [1.29, 1.82) is 0 Å². The summed E-state index contributed by atoms with van der Waals surface area (Å²) >= 11 is 1.46. The van der Waals surface area contributed by atoms with Crippen molar-refractivity contribution in [2.75, 3.05) is 60.5 Å². The van der Waals surface area contributed by atoms with Gasteiger partial charge in [-0.2, -0.15) is 0 Å². The highest BCUT2D eigenvalue weighted by Crippen LogP contribution is 2.38. The van der Waals surface area contributed by atoms with E-state index in [1.54, 1.807) is 51.5 Å². The summed E-state index contributed by atoms with van der Waals surface area (Å²) in [7, 11) is 10.2. The van der Waals surface area contributed by atoms with E-state index in [-0.39, 0.29) is 5.91 Å². The number of benzene rings is 2. The number of likely N-dealkylation sites (N-methyl/N-ethyl adjacent to an activating group) is 1. The lowest BCUT2D eigenvalue weighted by atomic mass is 10.1. The summed E-state index contributed by atoms with van der Waals surface area (Å²) in [5.41, 5.74) is 1.58. The third-order valence-electron chi connectivity index (χ3n) is 4.96. The number of rotatable bonds is 10. The lowest BCUT2D eigenvalue weighted by Crippen LogP contribution is -2.35. The summed E-state index contributed by atoms with van der Waals surface area (Å²) in [6, 6.07) is 9.27. The summed E-state index contributed by atoms with van der Waals surface area (Å²) in [6.07, 6.45) is 3.26. The van der Waals surface area contributed by atoms with E-state index < -0.39 is 0 Å². The number of fused-ring (bicyclic) bond motifs is 1. The van der Waals surface area contributed by atoms with Crippen molar-refractivity contribution < 1.29 is 23.7 Å². The van der Waals surface area contributed by atoms with Crippen LogP contribution in [0.4, 0.5) is 5.13 Å². The first-order valence-electron chi connectivity index (χ1n) is 10.3. The van der Waals surface area contributed by atoms with Crippen LogP contribution >= 0.6 is 11.3 Å². The number of anilines is 1. The fraction of sp³-hybridized carbons (Fsp3) is 0.333. The lowest BCUT2D eigenvalue weighted by Gasteiger charge is -2.20. The van der Waals surface area contributed by atoms with E-state index in [1.807, 2.05) is 37.2 Å². The maximum Gasteiger partial charge on any atom is 0.252 e. The standard InChI is InChI=1S/C24H29N3O5S/c1-26(2)11-12-27(24-25-18-9-8-17(29-3)15-21(18)33-24)22(28)10-7-16-13-19(30-4)23(32-6)20(14-16)31-5/h7-10,13-15H,11-12H2,1-6H3. The van der Waals surface area contributed by atoms with Crippen LogP contribution in [0.1, 0.15) is 5.56 Å². The number of thiazole rings is 1. The highest BCUT2D eigenvalue weighted by molar-refractivity contribution is 7.22. The van der Waals surface area contributed by atoms with E-state index in [4.69, 9.17) is 18.9 Å². The number of carbonyl (C=O) groups is 1. The van der Waals surface area contributed by atoms with Crippen LogP contribution in [0.3, 0.4) is 0 Å². The summed E-state index contributed by atoms with van der Waals surface area (Å²) < 4.78 is 22.4. The number of methoxy groups -OCH3 is 4. The van der Waals surface area contributed by atoms with Gasteiger partial charge in [0.25, 0.3) is 5.91 Å². The molecular formula is C24H29N3O5S. The minimum atomic E-state index is -0.170. The summed E-state index contributed by atoms with van der Waals surface area (Å²) in [5, 5.41) is 0.639. The first kappa shape index (κ1) is 24.3. The van der Waals surface area contributed by atoms with Crippen LogP contribution in [-0.2, 0) is 4.79 Å². The van der Waals surface area contributed by atoms with Gasteiger partial charge in [0.05, 0.1) is 38.7 Å². The van der Waals surface area contributed by atoms with Crippen molar-refractivity contribution in [3.05, 3.63) is 42.0 Å². The Morgan fingerprint density at radius 2 is 1.67 bits per heavy atom. The molecule has 0 saturated heterocycles. The van der Waals surface area contributed by atoms with Gasteiger partial charge in [0, 0.05) is 19.2 Å². The van der Waals surface area contributed by atoms with Gasteiger partial charge in [-0.15, -0.1) is 0 Å². The molecular weight excluding hydrogens is 442 g/mol. The minimum Gasteiger partial charge on any atom is -0.497 e. The lowest BCUT2D eigenvalue weighted by molar-refractivity contribution is -0.114. The average molecular weight is 472 g/mol. The Morgan fingerprint density at radius 3 is 2.24 bits per heavy atom. The smallest absolute Gasteiger partial charge is 0.252 e. The predicted molar refractivity (Wildman–Crippen MR) is 132 cm³/mol. The average Bonchev–Trinajstić information content (AvgIpc) is 3.24. The largest absolute Gasteiger partial charge is 0.497 e. The molecule has 0 unspecified atom stereocenters. The molecule has 0 aliphatic carbocycles. The third-order valence-corrected chi connectivity index (χ3v) is 6.00. The van der Waals surface area contributed by atoms with E-state index in [0.717, 1.165) is 21.5 Å². The van der Waals surface area contributed by atoms with Crippen LogP contribution in [0.2, 0.25) is 0 Å². The molecule has 1 amide bonds. The molecule has 33 heavy (non-hydrogen) atoms. The molecule has 3 aromatic rings. The number of ether oxygens (including phenoxy) is 4. The van der Waals surface area contributed by atoms with Crippen LogP contribution < -0.4 is 23.8 Å². The molecule has 0 spiro atoms. The number of aromatic nitrogens is 1. The summed E-state index contributed by atoms with van der Waals surface area (Å²) in [5.74, 6) is 2.13. The molecule has 0 saturated carbocycles. The van der Waals surface area contributed by atoms with Gasteiger partial charge in [-0.05, 0) is 56.1 Å². The van der Waals surface area contributed by atoms with Crippen LogP contribution in [0.15, 0.2) is 36.4 Å². The molecule has 8 nitrogen and oxygen atoms in total. The highest BCUT2D eigenvalue weighted by Gasteiger charge is 2.19. The van der Waals surface area contributed by atoms with Gasteiger partial charge in [0.1, 0.15) is 5.75 Å². The van der Waals surface area contributed by atoms with E-state index in [1.165, 1.54) is 17.4 Å². The Labute approximate surface area is 197 Å². The second kappa shape index (κ2) is 11.0. The maximum absolute atomic E-state index is 13.2. The van der Waals surface area contributed by atoms with Crippen molar-refractivity contribution in [3.63, 3.8) is 0 Å². The molecule has 2 aromatic carbocycles. The molecule has 9 heteroatoms. The van der Waals surface area contributed by atoms with Gasteiger partial charge >= 0.3 is 0 Å². The minimum absolute atomic E-state index is 0.170. The second-order valence-corrected chi connectivity index (χ2v) is 8.42. The Bertz CT molecular complexity index is 1120. The van der Waals surface area contributed by atoms with E-state index in [9.17, 15) is 4.79 Å². The van der Waals surface area contributed by atoms with Crippen LogP contribution in [0.25, 0.3) is 16.3 Å². The van der Waals surface area contributed by atoms with Gasteiger partial charge in [-0.1, -0.05) is 11.3 Å². The van der Waals surface area contributed by atoms with Crippen LogP contribution in [0, 0.1) is 0 Å². The van der Waals surface area contributed by atoms with Crippen molar-refractivity contribution in [3.8, 4) is 23.0 Å². The monoisotopic (exact) mass is 471 g/mol. The SMILES string of the molecule is COc1ccc2nc(N(CCN(C)C)C(=O)C=Cc3cc(OC)c(OC)c(OC)c3)sc2c1. The van der Waals surface area contributed by atoms with Crippen LogP contribution in [0.5, 0.6) is 23.0 Å². The molecule has 0 N–H and O–H groups in total.